The van der Waals surface area contributed by atoms with Crippen molar-refractivity contribution in [3.05, 3.63) is 59.8 Å². The van der Waals surface area contributed by atoms with E-state index in [0.29, 0.717) is 12.6 Å². The molecule has 0 bridgehead atoms. The second kappa shape index (κ2) is 5.42. The largest absolute Gasteiger partial charge is 0.491 e. The number of hydrogen-bond acceptors (Lipinski definition) is 4. The van der Waals surface area contributed by atoms with Crippen LogP contribution in [0.2, 0.25) is 0 Å². The number of hydrogen-bond donors (Lipinski definition) is 1. The Hall–Kier alpha value is -2.40. The van der Waals surface area contributed by atoms with Crippen LogP contribution in [0, 0.1) is 6.92 Å². The van der Waals surface area contributed by atoms with Crippen molar-refractivity contribution >= 4 is 5.65 Å². The molecule has 2 aromatic heterocycles. The quantitative estimate of drug-likeness (QED) is 0.804. The number of aromatic nitrogens is 3. The van der Waals surface area contributed by atoms with Crippen LogP contribution < -0.4 is 10.1 Å². The van der Waals surface area contributed by atoms with E-state index in [9.17, 15) is 0 Å². The number of nitrogens with zero attached hydrogens (tertiary/aromatic N) is 3. The fraction of sp³-hybridized carbons (Fsp3) is 0.294. The summed E-state index contributed by atoms with van der Waals surface area (Å²) < 4.78 is 7.99. The first-order valence-corrected chi connectivity index (χ1v) is 7.52. The Bertz CT molecular complexity index is 811. The molecule has 4 rings (SSSR count). The third kappa shape index (κ3) is 2.33. The number of ether oxygens (including phenoxy) is 1. The summed E-state index contributed by atoms with van der Waals surface area (Å²) in [5.74, 6) is 1.06. The number of nitrogens with one attached hydrogen (secondary N) is 1. The van der Waals surface area contributed by atoms with Gasteiger partial charge in [0.2, 0.25) is 0 Å². The van der Waals surface area contributed by atoms with E-state index in [4.69, 9.17) is 4.74 Å². The molecule has 0 radical (unpaired) electrons. The Morgan fingerprint density at radius 2 is 2.32 bits per heavy atom. The molecular formula is C17H18N4O. The zero-order chi connectivity index (χ0) is 14.9. The Labute approximate surface area is 129 Å². The van der Waals surface area contributed by atoms with Gasteiger partial charge in [-0.15, -0.1) is 0 Å². The van der Waals surface area contributed by atoms with Crippen LogP contribution >= 0.6 is 0 Å². The van der Waals surface area contributed by atoms with Gasteiger partial charge in [0.15, 0.2) is 5.65 Å². The predicted octanol–water partition coefficient (Wildman–Crippen LogP) is 2.13. The molecule has 0 fully saturated rings. The molecule has 0 spiro atoms. The normalized spacial score (nSPS) is 17.2. The molecule has 1 aliphatic heterocycles. The summed E-state index contributed by atoms with van der Waals surface area (Å²) in [5, 5.41) is 3.57. The van der Waals surface area contributed by atoms with E-state index >= 15 is 0 Å². The summed E-state index contributed by atoms with van der Waals surface area (Å²) in [6, 6.07) is 6.66. The van der Waals surface area contributed by atoms with Gasteiger partial charge in [0.05, 0.1) is 18.1 Å². The van der Waals surface area contributed by atoms with Gasteiger partial charge in [0.25, 0.3) is 0 Å². The number of rotatable bonds is 3. The molecule has 1 atom stereocenters. The zero-order valence-corrected chi connectivity index (χ0v) is 12.5. The Morgan fingerprint density at radius 3 is 3.27 bits per heavy atom. The van der Waals surface area contributed by atoms with Crippen molar-refractivity contribution in [2.24, 2.45) is 0 Å². The monoisotopic (exact) mass is 294 g/mol. The third-order valence-electron chi connectivity index (χ3n) is 4.15. The molecule has 3 heterocycles. The summed E-state index contributed by atoms with van der Waals surface area (Å²) in [4.78, 5) is 8.44. The lowest BCUT2D eigenvalue weighted by Gasteiger charge is -2.27. The van der Waals surface area contributed by atoms with E-state index < -0.39 is 0 Å². The average molecular weight is 294 g/mol. The Kier molecular flexibility index (Phi) is 3.27. The van der Waals surface area contributed by atoms with E-state index in [1.165, 1.54) is 11.1 Å². The van der Waals surface area contributed by atoms with Gasteiger partial charge in [-0.3, -0.25) is 9.38 Å². The predicted molar refractivity (Wildman–Crippen MR) is 84.0 cm³/mol. The first-order valence-electron chi connectivity index (χ1n) is 7.52. The van der Waals surface area contributed by atoms with Crippen molar-refractivity contribution < 1.29 is 4.74 Å². The second-order valence-electron chi connectivity index (χ2n) is 5.71. The van der Waals surface area contributed by atoms with Crippen molar-refractivity contribution in [2.75, 3.05) is 6.61 Å². The second-order valence-corrected chi connectivity index (χ2v) is 5.71. The van der Waals surface area contributed by atoms with Gasteiger partial charge in [-0.1, -0.05) is 18.2 Å². The fourth-order valence-corrected chi connectivity index (χ4v) is 2.99. The Morgan fingerprint density at radius 1 is 1.36 bits per heavy atom. The zero-order valence-electron chi connectivity index (χ0n) is 12.5. The van der Waals surface area contributed by atoms with Crippen LogP contribution in [0.15, 0.2) is 43.0 Å². The smallest absolute Gasteiger partial charge is 0.155 e. The summed E-state index contributed by atoms with van der Waals surface area (Å²) in [5.41, 5.74) is 4.50. The average Bonchev–Trinajstić information content (AvgIpc) is 2.96. The van der Waals surface area contributed by atoms with Crippen LogP contribution in [0.25, 0.3) is 5.65 Å². The summed E-state index contributed by atoms with van der Waals surface area (Å²) >= 11 is 0. The molecule has 0 aliphatic carbocycles. The minimum Gasteiger partial charge on any atom is -0.491 e. The molecule has 1 aliphatic rings. The first-order chi connectivity index (χ1) is 10.8. The lowest BCUT2D eigenvalue weighted by molar-refractivity contribution is 0.236. The maximum Gasteiger partial charge on any atom is 0.155 e. The van der Waals surface area contributed by atoms with Crippen molar-refractivity contribution in [2.45, 2.75) is 25.9 Å². The molecule has 0 saturated carbocycles. The SMILES string of the molecule is Cc1cccc2c1OC[C@H](NCc1cnc3cnccn13)C2. The van der Waals surface area contributed by atoms with Crippen molar-refractivity contribution in [1.29, 1.82) is 0 Å². The van der Waals surface area contributed by atoms with E-state index in [-0.39, 0.29) is 0 Å². The maximum atomic E-state index is 5.93. The van der Waals surface area contributed by atoms with Gasteiger partial charge in [-0.05, 0) is 24.5 Å². The number of para-hydroxylation sites is 1. The molecule has 22 heavy (non-hydrogen) atoms. The van der Waals surface area contributed by atoms with Gasteiger partial charge < -0.3 is 10.1 Å². The molecule has 5 heteroatoms. The highest BCUT2D eigenvalue weighted by molar-refractivity contribution is 5.42. The van der Waals surface area contributed by atoms with Crippen LogP contribution in [-0.4, -0.2) is 27.0 Å². The summed E-state index contributed by atoms with van der Waals surface area (Å²) in [7, 11) is 0. The molecule has 1 aromatic carbocycles. The minimum atomic E-state index is 0.321. The first kappa shape index (κ1) is 13.3. The highest BCUT2D eigenvalue weighted by atomic mass is 16.5. The van der Waals surface area contributed by atoms with Crippen molar-refractivity contribution in [1.82, 2.24) is 19.7 Å². The fourth-order valence-electron chi connectivity index (χ4n) is 2.99. The third-order valence-corrected chi connectivity index (χ3v) is 4.15. The molecule has 1 N–H and O–H groups in total. The number of fused-ring (bicyclic) bond motifs is 2. The van der Waals surface area contributed by atoms with Crippen LogP contribution in [0.5, 0.6) is 5.75 Å². The summed E-state index contributed by atoms with van der Waals surface area (Å²) in [6.45, 7) is 3.57. The van der Waals surface area contributed by atoms with Gasteiger partial charge >= 0.3 is 0 Å². The number of aryl methyl sites for hydroxylation is 1. The Balaban J connectivity index is 1.47. The molecule has 5 nitrogen and oxygen atoms in total. The number of imidazole rings is 1. The van der Waals surface area contributed by atoms with Crippen molar-refractivity contribution in [3.63, 3.8) is 0 Å². The molecule has 0 unspecified atom stereocenters. The van der Waals surface area contributed by atoms with Crippen LogP contribution in [-0.2, 0) is 13.0 Å². The van der Waals surface area contributed by atoms with Gasteiger partial charge in [-0.2, -0.15) is 0 Å². The minimum absolute atomic E-state index is 0.321. The van der Waals surface area contributed by atoms with E-state index in [2.05, 4.69) is 44.8 Å². The van der Waals surface area contributed by atoms with Gasteiger partial charge in [-0.25, -0.2) is 4.98 Å². The molecule has 112 valence electrons. The van der Waals surface area contributed by atoms with E-state index in [0.717, 1.165) is 30.1 Å². The van der Waals surface area contributed by atoms with E-state index in [1.807, 2.05) is 12.4 Å². The maximum absolute atomic E-state index is 5.93. The molecular weight excluding hydrogens is 276 g/mol. The molecule has 0 saturated heterocycles. The van der Waals surface area contributed by atoms with Crippen LogP contribution in [0.3, 0.4) is 0 Å². The highest BCUT2D eigenvalue weighted by Gasteiger charge is 2.20. The standard InChI is InChI=1S/C17H18N4O/c1-12-3-2-4-13-7-14(11-22-17(12)13)19-8-15-9-20-16-10-18-5-6-21(15)16/h2-6,9-10,14,19H,7-8,11H2,1H3/t14-/m1/s1. The molecule has 0 amide bonds. The lowest BCUT2D eigenvalue weighted by atomic mass is 10.00. The topological polar surface area (TPSA) is 51.5 Å². The highest BCUT2D eigenvalue weighted by Crippen LogP contribution is 2.28. The van der Waals surface area contributed by atoms with Crippen LogP contribution in [0.4, 0.5) is 0 Å². The van der Waals surface area contributed by atoms with Gasteiger partial charge in [0, 0.05) is 25.0 Å². The van der Waals surface area contributed by atoms with Crippen molar-refractivity contribution in [3.8, 4) is 5.75 Å². The lowest BCUT2D eigenvalue weighted by Crippen LogP contribution is -2.39. The van der Waals surface area contributed by atoms with Crippen LogP contribution in [0.1, 0.15) is 16.8 Å². The van der Waals surface area contributed by atoms with Gasteiger partial charge in [0.1, 0.15) is 12.4 Å². The number of benzene rings is 1. The summed E-state index contributed by atoms with van der Waals surface area (Å²) in [6.07, 6.45) is 8.38. The van der Waals surface area contributed by atoms with E-state index in [1.54, 1.807) is 12.4 Å². The molecule has 3 aromatic rings.